The van der Waals surface area contributed by atoms with E-state index in [9.17, 15) is 13.6 Å². The number of benzene rings is 1. The van der Waals surface area contributed by atoms with Crippen LogP contribution in [0.15, 0.2) is 36.4 Å². The number of aromatic nitrogens is 2. The normalized spacial score (nSPS) is 17.7. The Morgan fingerprint density at radius 3 is 2.90 bits per heavy atom. The minimum atomic E-state index is -2.66. The Hall–Kier alpha value is -2.74. The van der Waals surface area contributed by atoms with Gasteiger partial charge in [-0.2, -0.15) is 5.10 Å². The van der Waals surface area contributed by atoms with Crippen LogP contribution in [0.5, 0.6) is 5.75 Å². The summed E-state index contributed by atoms with van der Waals surface area (Å²) in [6.07, 6.45) is 3.65. The number of methoxy groups -OCH3 is 1. The lowest BCUT2D eigenvalue weighted by atomic mass is 9.98. The highest BCUT2D eigenvalue weighted by Crippen LogP contribution is 2.18. The number of piperidine rings is 1. The lowest BCUT2D eigenvalue weighted by molar-refractivity contribution is 0.0930. The molecule has 0 aliphatic carbocycles. The number of alkyl halides is 2. The molecule has 1 aliphatic rings. The molecule has 0 bridgehead atoms. The number of ether oxygens (including phenoxy) is 1. The molecule has 1 amide bonds. The van der Waals surface area contributed by atoms with Crippen LogP contribution in [0.3, 0.4) is 0 Å². The molecule has 2 aromatic rings. The molecule has 156 valence electrons. The van der Waals surface area contributed by atoms with E-state index in [0.29, 0.717) is 12.5 Å². The number of hydrogen-bond acceptors (Lipinski definition) is 4. The van der Waals surface area contributed by atoms with Crippen LogP contribution in [-0.4, -0.2) is 54.3 Å². The molecule has 1 aliphatic heterocycles. The van der Waals surface area contributed by atoms with Crippen molar-refractivity contribution in [2.45, 2.75) is 19.3 Å². The van der Waals surface area contributed by atoms with Gasteiger partial charge in [-0.05, 0) is 49.1 Å². The SMILES string of the molecule is COc1ccc(/C=C/CN2CCCC(CNC(=O)c3cc(C(F)F)[nH]n3)C2)cc1. The third-order valence-electron chi connectivity index (χ3n) is 5.01. The van der Waals surface area contributed by atoms with E-state index in [1.807, 2.05) is 24.3 Å². The summed E-state index contributed by atoms with van der Waals surface area (Å²) in [5, 5.41) is 8.65. The standard InChI is InChI=1S/C21H26F2N4O2/c1-29-17-8-6-15(7-9-17)4-2-10-27-11-3-5-16(14-27)13-24-21(28)19-12-18(20(22)23)25-26-19/h2,4,6-9,12,16,20H,3,5,10-11,13-14H2,1H3,(H,24,28)(H,25,26)/b4-2+. The summed E-state index contributed by atoms with van der Waals surface area (Å²) in [6, 6.07) is 8.99. The van der Waals surface area contributed by atoms with Gasteiger partial charge in [0.1, 0.15) is 17.1 Å². The Morgan fingerprint density at radius 1 is 1.41 bits per heavy atom. The molecule has 0 spiro atoms. The zero-order chi connectivity index (χ0) is 20.6. The Kier molecular flexibility index (Phi) is 7.35. The van der Waals surface area contributed by atoms with Crippen LogP contribution in [-0.2, 0) is 0 Å². The highest BCUT2D eigenvalue weighted by Gasteiger charge is 2.21. The molecule has 29 heavy (non-hydrogen) atoms. The first-order valence-electron chi connectivity index (χ1n) is 9.69. The first kappa shape index (κ1) is 21.0. The van der Waals surface area contributed by atoms with Crippen LogP contribution >= 0.6 is 0 Å². The summed E-state index contributed by atoms with van der Waals surface area (Å²) >= 11 is 0. The van der Waals surface area contributed by atoms with E-state index in [2.05, 4.69) is 32.6 Å². The van der Waals surface area contributed by atoms with E-state index in [0.717, 1.165) is 49.9 Å². The number of amides is 1. The molecule has 0 saturated carbocycles. The molecule has 6 nitrogen and oxygen atoms in total. The lowest BCUT2D eigenvalue weighted by Gasteiger charge is -2.32. The fraction of sp³-hybridized carbons (Fsp3) is 0.429. The van der Waals surface area contributed by atoms with Crippen molar-refractivity contribution >= 4 is 12.0 Å². The number of hydrogen-bond donors (Lipinski definition) is 2. The maximum atomic E-state index is 12.6. The summed E-state index contributed by atoms with van der Waals surface area (Å²) < 4.78 is 30.3. The summed E-state index contributed by atoms with van der Waals surface area (Å²) in [4.78, 5) is 14.5. The zero-order valence-corrected chi connectivity index (χ0v) is 16.4. The van der Waals surface area contributed by atoms with Crippen molar-refractivity contribution in [3.05, 3.63) is 53.4 Å². The molecule has 1 saturated heterocycles. The third-order valence-corrected chi connectivity index (χ3v) is 5.01. The molecule has 1 atom stereocenters. The predicted octanol–water partition coefficient (Wildman–Crippen LogP) is 3.51. The number of likely N-dealkylation sites (tertiary alicyclic amines) is 1. The topological polar surface area (TPSA) is 70.2 Å². The van der Waals surface area contributed by atoms with Crippen LogP contribution in [0, 0.1) is 5.92 Å². The van der Waals surface area contributed by atoms with Crippen molar-refractivity contribution in [2.24, 2.45) is 5.92 Å². The van der Waals surface area contributed by atoms with E-state index in [4.69, 9.17) is 4.74 Å². The molecule has 1 unspecified atom stereocenters. The minimum absolute atomic E-state index is 0.00427. The summed E-state index contributed by atoms with van der Waals surface area (Å²) in [7, 11) is 1.65. The molecule has 8 heteroatoms. The zero-order valence-electron chi connectivity index (χ0n) is 16.4. The highest BCUT2D eigenvalue weighted by atomic mass is 19.3. The molecule has 1 aromatic heterocycles. The maximum Gasteiger partial charge on any atom is 0.279 e. The Morgan fingerprint density at radius 2 is 2.21 bits per heavy atom. The average Bonchev–Trinajstić information content (AvgIpc) is 3.24. The second-order valence-electron chi connectivity index (χ2n) is 7.16. The molecule has 2 N–H and O–H groups in total. The molecule has 1 fully saturated rings. The number of nitrogens with one attached hydrogen (secondary N) is 2. The Bertz CT molecular complexity index is 820. The minimum Gasteiger partial charge on any atom is -0.497 e. The van der Waals surface area contributed by atoms with Crippen LogP contribution in [0.25, 0.3) is 6.08 Å². The van der Waals surface area contributed by atoms with E-state index >= 15 is 0 Å². The van der Waals surface area contributed by atoms with Gasteiger partial charge in [0.05, 0.1) is 7.11 Å². The number of carbonyl (C=O) groups is 1. The van der Waals surface area contributed by atoms with Gasteiger partial charge in [0.25, 0.3) is 12.3 Å². The fourth-order valence-corrected chi connectivity index (χ4v) is 3.43. The number of aromatic amines is 1. The molecule has 1 aromatic carbocycles. The number of rotatable bonds is 8. The Labute approximate surface area is 168 Å². The van der Waals surface area contributed by atoms with E-state index in [1.165, 1.54) is 0 Å². The number of halogens is 2. The largest absolute Gasteiger partial charge is 0.497 e. The van der Waals surface area contributed by atoms with Crippen LogP contribution < -0.4 is 10.1 Å². The number of nitrogens with zero attached hydrogens (tertiary/aromatic N) is 2. The van der Waals surface area contributed by atoms with Gasteiger partial charge >= 0.3 is 0 Å². The van der Waals surface area contributed by atoms with Crippen molar-refractivity contribution in [1.29, 1.82) is 0 Å². The first-order chi connectivity index (χ1) is 14.0. The van der Waals surface area contributed by atoms with Gasteiger partial charge in [-0.1, -0.05) is 24.3 Å². The van der Waals surface area contributed by atoms with Gasteiger partial charge in [0, 0.05) is 19.6 Å². The van der Waals surface area contributed by atoms with Crippen molar-refractivity contribution in [3.8, 4) is 5.75 Å². The molecule has 0 radical (unpaired) electrons. The average molecular weight is 404 g/mol. The predicted molar refractivity (Wildman–Crippen MR) is 107 cm³/mol. The fourth-order valence-electron chi connectivity index (χ4n) is 3.43. The van der Waals surface area contributed by atoms with Gasteiger partial charge in [0.15, 0.2) is 0 Å². The van der Waals surface area contributed by atoms with Crippen LogP contribution in [0.2, 0.25) is 0 Å². The highest BCUT2D eigenvalue weighted by molar-refractivity contribution is 5.92. The summed E-state index contributed by atoms with van der Waals surface area (Å²) in [6.45, 7) is 3.26. The van der Waals surface area contributed by atoms with E-state index in [1.54, 1.807) is 7.11 Å². The van der Waals surface area contributed by atoms with Gasteiger partial charge in [-0.15, -0.1) is 0 Å². The number of carbonyl (C=O) groups excluding carboxylic acids is 1. The van der Waals surface area contributed by atoms with Gasteiger partial charge in [-0.25, -0.2) is 8.78 Å². The van der Waals surface area contributed by atoms with Crippen molar-refractivity contribution in [3.63, 3.8) is 0 Å². The first-order valence-corrected chi connectivity index (χ1v) is 9.69. The van der Waals surface area contributed by atoms with Gasteiger partial charge in [-0.3, -0.25) is 14.8 Å². The smallest absolute Gasteiger partial charge is 0.279 e. The molecular weight excluding hydrogens is 378 g/mol. The van der Waals surface area contributed by atoms with Crippen LogP contribution in [0.1, 0.15) is 41.0 Å². The molecule has 3 rings (SSSR count). The third kappa shape index (κ3) is 6.12. The Balaban J connectivity index is 1.43. The number of H-pyrrole nitrogens is 1. The van der Waals surface area contributed by atoms with Gasteiger partial charge in [0.2, 0.25) is 0 Å². The lowest BCUT2D eigenvalue weighted by Crippen LogP contribution is -2.41. The quantitative estimate of drug-likeness (QED) is 0.706. The van der Waals surface area contributed by atoms with Crippen molar-refractivity contribution < 1.29 is 18.3 Å². The van der Waals surface area contributed by atoms with Crippen molar-refractivity contribution in [1.82, 2.24) is 20.4 Å². The van der Waals surface area contributed by atoms with E-state index < -0.39 is 12.3 Å². The summed E-state index contributed by atoms with van der Waals surface area (Å²) in [5.41, 5.74) is 0.770. The molecule has 2 heterocycles. The second-order valence-corrected chi connectivity index (χ2v) is 7.16. The summed E-state index contributed by atoms with van der Waals surface area (Å²) in [5.74, 6) is 0.739. The maximum absolute atomic E-state index is 12.6. The second kappa shape index (κ2) is 10.2. The van der Waals surface area contributed by atoms with E-state index in [-0.39, 0.29) is 11.4 Å². The van der Waals surface area contributed by atoms with Gasteiger partial charge < -0.3 is 10.1 Å². The molecular formula is C21H26F2N4O2. The van der Waals surface area contributed by atoms with Crippen LogP contribution in [0.4, 0.5) is 8.78 Å². The monoisotopic (exact) mass is 404 g/mol. The van der Waals surface area contributed by atoms with Crippen molar-refractivity contribution in [2.75, 3.05) is 33.3 Å².